The Balaban J connectivity index is 1.54. The maximum atomic E-state index is 13.5. The molecule has 9 unspecified atom stereocenters. The van der Waals surface area contributed by atoms with E-state index in [4.69, 9.17) is 0 Å². The number of carbonyl (C=O) groups is 1. The number of hydrogen-bond acceptors (Lipinski definition) is 3. The predicted octanol–water partition coefficient (Wildman–Crippen LogP) is 6.09. The number of fused-ring (bicyclic) bond motifs is 5. The minimum Gasteiger partial charge on any atom is -0.393 e. The van der Waals surface area contributed by atoms with Crippen LogP contribution in [-0.4, -0.2) is 27.7 Å². The van der Waals surface area contributed by atoms with Crippen molar-refractivity contribution >= 4 is 5.78 Å². The summed E-state index contributed by atoms with van der Waals surface area (Å²) in [6.45, 7) is 15.3. The molecule has 0 saturated heterocycles. The van der Waals surface area contributed by atoms with Crippen molar-refractivity contribution in [2.75, 3.05) is 0 Å². The Morgan fingerprint density at radius 3 is 2.53 bits per heavy atom. The zero-order valence-electron chi connectivity index (χ0n) is 21.1. The van der Waals surface area contributed by atoms with Crippen molar-refractivity contribution in [2.24, 2.45) is 46.3 Å². The third-order valence-corrected chi connectivity index (χ3v) is 11.0. The average Bonchev–Trinajstić information content (AvgIpc) is 3.10. The standard InChI is InChI=1S/C29H46O3/c1-7-29(32,18(2)3)15-10-19(4)22-8-9-23-26-24(12-14-28(22,23)6)27(5)13-11-21(30)16-20(27)17-25(26)31/h7,17-19,21-24,26,30,32H,1,8-16H2,2-6H3. The van der Waals surface area contributed by atoms with Crippen LogP contribution < -0.4 is 0 Å². The van der Waals surface area contributed by atoms with E-state index in [9.17, 15) is 15.0 Å². The molecule has 180 valence electrons. The summed E-state index contributed by atoms with van der Waals surface area (Å²) in [5.74, 6) is 2.76. The smallest absolute Gasteiger partial charge is 0.159 e. The molecule has 3 nitrogen and oxygen atoms in total. The molecule has 2 N–H and O–H groups in total. The predicted molar refractivity (Wildman–Crippen MR) is 130 cm³/mol. The summed E-state index contributed by atoms with van der Waals surface area (Å²) in [7, 11) is 0. The second kappa shape index (κ2) is 8.38. The molecule has 3 fully saturated rings. The molecule has 0 aromatic carbocycles. The van der Waals surface area contributed by atoms with Crippen molar-refractivity contribution in [3.63, 3.8) is 0 Å². The van der Waals surface area contributed by atoms with Crippen LogP contribution in [0.15, 0.2) is 24.3 Å². The summed E-state index contributed by atoms with van der Waals surface area (Å²) in [6, 6.07) is 0. The van der Waals surface area contributed by atoms with Crippen LogP contribution in [-0.2, 0) is 4.79 Å². The topological polar surface area (TPSA) is 57.5 Å². The minimum atomic E-state index is -0.786. The SMILES string of the molecule is C=CC(O)(CCC(C)C1CCC2C3C(=O)C=C4CC(O)CCC4(C)C3CCC12C)C(C)C. The second-order valence-electron chi connectivity index (χ2n) is 12.7. The summed E-state index contributed by atoms with van der Waals surface area (Å²) in [5.41, 5.74) is 0.758. The van der Waals surface area contributed by atoms with Gasteiger partial charge in [-0.3, -0.25) is 4.79 Å². The van der Waals surface area contributed by atoms with E-state index in [2.05, 4.69) is 41.2 Å². The van der Waals surface area contributed by atoms with Gasteiger partial charge >= 0.3 is 0 Å². The van der Waals surface area contributed by atoms with Crippen molar-refractivity contribution in [2.45, 2.75) is 104 Å². The average molecular weight is 443 g/mol. The van der Waals surface area contributed by atoms with Crippen LogP contribution in [0, 0.1) is 46.3 Å². The first-order valence-corrected chi connectivity index (χ1v) is 13.2. The van der Waals surface area contributed by atoms with Gasteiger partial charge in [0.15, 0.2) is 5.78 Å². The highest BCUT2D eigenvalue weighted by Gasteiger charge is 2.61. The first-order chi connectivity index (χ1) is 15.0. The van der Waals surface area contributed by atoms with Crippen LogP contribution in [0.4, 0.5) is 0 Å². The van der Waals surface area contributed by atoms with E-state index >= 15 is 0 Å². The van der Waals surface area contributed by atoms with Crippen LogP contribution in [0.1, 0.15) is 92.4 Å². The summed E-state index contributed by atoms with van der Waals surface area (Å²) in [4.78, 5) is 13.5. The molecule has 32 heavy (non-hydrogen) atoms. The fraction of sp³-hybridized carbons (Fsp3) is 0.828. The number of aliphatic hydroxyl groups excluding tert-OH is 1. The maximum absolute atomic E-state index is 13.5. The van der Waals surface area contributed by atoms with E-state index in [0.29, 0.717) is 35.9 Å². The highest BCUT2D eigenvalue weighted by molar-refractivity contribution is 5.94. The summed E-state index contributed by atoms with van der Waals surface area (Å²) in [6.07, 6.45) is 12.5. The zero-order chi connectivity index (χ0) is 23.5. The van der Waals surface area contributed by atoms with Gasteiger partial charge < -0.3 is 10.2 Å². The molecular weight excluding hydrogens is 396 g/mol. The Morgan fingerprint density at radius 2 is 1.88 bits per heavy atom. The molecule has 4 rings (SSSR count). The van der Waals surface area contributed by atoms with E-state index < -0.39 is 5.60 Å². The van der Waals surface area contributed by atoms with Crippen molar-refractivity contribution in [1.29, 1.82) is 0 Å². The van der Waals surface area contributed by atoms with E-state index in [-0.39, 0.29) is 28.8 Å². The van der Waals surface area contributed by atoms with Crippen LogP contribution in [0.2, 0.25) is 0 Å². The molecule has 3 saturated carbocycles. The molecule has 0 spiro atoms. The molecule has 9 atom stereocenters. The van der Waals surface area contributed by atoms with Crippen molar-refractivity contribution in [1.82, 2.24) is 0 Å². The fourth-order valence-electron chi connectivity index (χ4n) is 8.64. The quantitative estimate of drug-likeness (QED) is 0.489. The van der Waals surface area contributed by atoms with Gasteiger partial charge in [-0.1, -0.05) is 46.3 Å². The monoisotopic (exact) mass is 442 g/mol. The third-order valence-electron chi connectivity index (χ3n) is 11.0. The molecule has 0 bridgehead atoms. The molecule has 0 aliphatic heterocycles. The molecule has 3 heteroatoms. The van der Waals surface area contributed by atoms with Crippen molar-refractivity contribution < 1.29 is 15.0 Å². The molecule has 0 aromatic heterocycles. The number of hydrogen-bond donors (Lipinski definition) is 2. The Morgan fingerprint density at radius 1 is 1.16 bits per heavy atom. The van der Waals surface area contributed by atoms with Crippen LogP contribution in [0.5, 0.6) is 0 Å². The number of carbonyl (C=O) groups excluding carboxylic acids is 1. The second-order valence-corrected chi connectivity index (χ2v) is 12.7. The van der Waals surface area contributed by atoms with Gasteiger partial charge in [0.25, 0.3) is 0 Å². The van der Waals surface area contributed by atoms with Crippen LogP contribution in [0.3, 0.4) is 0 Å². The molecular formula is C29H46O3. The van der Waals surface area contributed by atoms with Gasteiger partial charge in [-0.2, -0.15) is 0 Å². The van der Waals surface area contributed by atoms with Gasteiger partial charge in [0.05, 0.1) is 11.7 Å². The molecule has 4 aliphatic rings. The minimum absolute atomic E-state index is 0.0978. The first kappa shape index (κ1) is 24.2. The van der Waals surface area contributed by atoms with Gasteiger partial charge in [-0.25, -0.2) is 0 Å². The highest BCUT2D eigenvalue weighted by atomic mass is 16.3. The van der Waals surface area contributed by atoms with E-state index in [1.165, 1.54) is 18.4 Å². The Labute approximate surface area is 195 Å². The lowest BCUT2D eigenvalue weighted by Gasteiger charge is -2.57. The summed E-state index contributed by atoms with van der Waals surface area (Å²) < 4.78 is 0. The number of rotatable bonds is 6. The number of aliphatic hydroxyl groups is 2. The lowest BCUT2D eigenvalue weighted by Crippen LogP contribution is -2.53. The van der Waals surface area contributed by atoms with Gasteiger partial charge in [0.2, 0.25) is 0 Å². The molecule has 0 amide bonds. The van der Waals surface area contributed by atoms with E-state index in [1.807, 2.05) is 6.08 Å². The van der Waals surface area contributed by atoms with Crippen molar-refractivity contribution in [3.8, 4) is 0 Å². The lowest BCUT2D eigenvalue weighted by molar-refractivity contribution is -0.135. The first-order valence-electron chi connectivity index (χ1n) is 13.2. The van der Waals surface area contributed by atoms with E-state index in [1.54, 1.807) is 6.08 Å². The number of allylic oxidation sites excluding steroid dienone is 1. The van der Waals surface area contributed by atoms with Crippen LogP contribution in [0.25, 0.3) is 0 Å². The van der Waals surface area contributed by atoms with Gasteiger partial charge in [-0.15, -0.1) is 6.58 Å². The number of ketones is 1. The van der Waals surface area contributed by atoms with Gasteiger partial charge in [-0.05, 0) is 104 Å². The van der Waals surface area contributed by atoms with Crippen molar-refractivity contribution in [3.05, 3.63) is 24.3 Å². The normalized spacial score (nSPS) is 44.2. The van der Waals surface area contributed by atoms with Gasteiger partial charge in [0, 0.05) is 5.92 Å². The third kappa shape index (κ3) is 3.66. The lowest BCUT2D eigenvalue weighted by atomic mass is 9.46. The molecule has 4 aliphatic carbocycles. The molecule has 0 radical (unpaired) electrons. The Bertz CT molecular complexity index is 783. The molecule has 0 aromatic rings. The summed E-state index contributed by atoms with van der Waals surface area (Å²) in [5, 5.41) is 21.2. The van der Waals surface area contributed by atoms with Crippen LogP contribution >= 0.6 is 0 Å². The molecule has 0 heterocycles. The maximum Gasteiger partial charge on any atom is 0.159 e. The van der Waals surface area contributed by atoms with E-state index in [0.717, 1.165) is 38.5 Å². The highest BCUT2D eigenvalue weighted by Crippen LogP contribution is 2.66. The van der Waals surface area contributed by atoms with Gasteiger partial charge in [0.1, 0.15) is 0 Å². The Kier molecular flexibility index (Phi) is 6.34. The summed E-state index contributed by atoms with van der Waals surface area (Å²) >= 11 is 0. The fourth-order valence-corrected chi connectivity index (χ4v) is 8.64. The Hall–Kier alpha value is -0.930. The largest absolute Gasteiger partial charge is 0.393 e. The zero-order valence-corrected chi connectivity index (χ0v) is 21.1.